The van der Waals surface area contributed by atoms with E-state index in [1.807, 2.05) is 6.20 Å². The summed E-state index contributed by atoms with van der Waals surface area (Å²) >= 11 is 0. The molecule has 1 saturated heterocycles. The second-order valence-electron chi connectivity index (χ2n) is 6.42. The maximum Gasteiger partial charge on any atom is 0.0708 e. The monoisotopic (exact) mass is 309 g/mol. The van der Waals surface area contributed by atoms with Gasteiger partial charge in [0.05, 0.1) is 24.4 Å². The topological polar surface area (TPSA) is 30.3 Å². The molecule has 0 amide bonds. The number of fused-ring (bicyclic) bond motifs is 3. The Kier molecular flexibility index (Phi) is 3.79. The van der Waals surface area contributed by atoms with Crippen LogP contribution in [0.4, 0.5) is 0 Å². The first-order chi connectivity index (χ1) is 11.3. The van der Waals surface area contributed by atoms with Crippen LogP contribution < -0.4 is 0 Å². The lowest BCUT2D eigenvalue weighted by Crippen LogP contribution is -2.43. The van der Waals surface area contributed by atoms with Gasteiger partial charge in [-0.1, -0.05) is 18.2 Å². The molecule has 0 N–H and O–H groups in total. The summed E-state index contributed by atoms with van der Waals surface area (Å²) < 4.78 is 7.94. The first-order valence-electron chi connectivity index (χ1n) is 8.40. The minimum Gasteiger partial charge on any atom is -0.379 e. The van der Waals surface area contributed by atoms with Crippen molar-refractivity contribution in [3.63, 3.8) is 0 Å². The molecular weight excluding hydrogens is 286 g/mol. The fraction of sp³-hybridized carbons (Fsp3) is 0.421. The van der Waals surface area contributed by atoms with E-state index in [0.717, 1.165) is 38.5 Å². The largest absolute Gasteiger partial charge is 0.379 e. The van der Waals surface area contributed by atoms with Crippen molar-refractivity contribution in [2.24, 2.45) is 0 Å². The van der Waals surface area contributed by atoms with Crippen LogP contribution in [0.15, 0.2) is 36.5 Å². The van der Waals surface area contributed by atoms with E-state index in [1.54, 1.807) is 0 Å². The van der Waals surface area contributed by atoms with Crippen molar-refractivity contribution in [3.05, 3.63) is 42.2 Å². The molecule has 2 aromatic heterocycles. The number of ether oxygens (including phenoxy) is 1. The summed E-state index contributed by atoms with van der Waals surface area (Å²) in [7, 11) is 0. The second-order valence-corrected chi connectivity index (χ2v) is 6.42. The van der Waals surface area contributed by atoms with E-state index in [-0.39, 0.29) is 0 Å². The molecule has 1 atom stereocenters. The molecule has 0 bridgehead atoms. The minimum absolute atomic E-state index is 0.484. The highest BCUT2D eigenvalue weighted by atomic mass is 16.5. The maximum atomic E-state index is 5.49. The zero-order valence-corrected chi connectivity index (χ0v) is 13.8. The average molecular weight is 309 g/mol. The number of pyridine rings is 1. The zero-order chi connectivity index (χ0) is 15.8. The molecule has 1 unspecified atom stereocenters. The third-order valence-electron chi connectivity index (χ3n) is 4.98. The Balaban J connectivity index is 1.81. The molecule has 4 rings (SSSR count). The molecule has 4 heteroatoms. The SMILES string of the molecule is Cc1nccc2c3ccccc3n(CC(C)N3CCOCC3)c12. The number of rotatable bonds is 3. The van der Waals surface area contributed by atoms with Gasteiger partial charge in [-0.05, 0) is 26.0 Å². The van der Waals surface area contributed by atoms with Gasteiger partial charge in [0, 0.05) is 48.2 Å². The minimum atomic E-state index is 0.484. The number of para-hydroxylation sites is 1. The molecule has 3 aromatic rings. The molecule has 1 aliphatic heterocycles. The summed E-state index contributed by atoms with van der Waals surface area (Å²) in [5, 5.41) is 2.63. The first kappa shape index (κ1) is 14.7. The third kappa shape index (κ3) is 2.52. The maximum absolute atomic E-state index is 5.49. The molecule has 120 valence electrons. The van der Waals surface area contributed by atoms with Gasteiger partial charge in [0.1, 0.15) is 0 Å². The normalized spacial score (nSPS) is 17.8. The third-order valence-corrected chi connectivity index (χ3v) is 4.98. The van der Waals surface area contributed by atoms with Gasteiger partial charge in [-0.25, -0.2) is 0 Å². The summed E-state index contributed by atoms with van der Waals surface area (Å²) in [6.07, 6.45) is 1.92. The molecule has 23 heavy (non-hydrogen) atoms. The van der Waals surface area contributed by atoms with Crippen LogP contribution in [-0.2, 0) is 11.3 Å². The molecule has 4 nitrogen and oxygen atoms in total. The number of hydrogen-bond donors (Lipinski definition) is 0. The summed E-state index contributed by atoms with van der Waals surface area (Å²) in [6.45, 7) is 9.15. The standard InChI is InChI=1S/C19H23N3O/c1-14(21-9-11-23-12-10-21)13-22-18-6-4-3-5-16(18)17-7-8-20-15(2)19(17)22/h3-8,14H,9-13H2,1-2H3. The molecule has 0 radical (unpaired) electrons. The molecule has 1 aliphatic rings. The van der Waals surface area contributed by atoms with Crippen molar-refractivity contribution in [2.75, 3.05) is 26.3 Å². The van der Waals surface area contributed by atoms with Gasteiger partial charge in [0.15, 0.2) is 0 Å². The summed E-state index contributed by atoms with van der Waals surface area (Å²) in [6, 6.07) is 11.3. The fourth-order valence-corrected chi connectivity index (χ4v) is 3.76. The van der Waals surface area contributed by atoms with E-state index in [4.69, 9.17) is 4.74 Å². The van der Waals surface area contributed by atoms with Crippen molar-refractivity contribution >= 4 is 21.8 Å². The van der Waals surface area contributed by atoms with Crippen LogP contribution in [0.3, 0.4) is 0 Å². The van der Waals surface area contributed by atoms with E-state index < -0.39 is 0 Å². The summed E-state index contributed by atoms with van der Waals surface area (Å²) in [4.78, 5) is 7.05. The van der Waals surface area contributed by atoms with Crippen molar-refractivity contribution in [1.29, 1.82) is 0 Å². The Labute approximate surface area is 136 Å². The number of morpholine rings is 1. The molecule has 0 saturated carbocycles. The van der Waals surface area contributed by atoms with Crippen LogP contribution in [0.5, 0.6) is 0 Å². The first-order valence-corrected chi connectivity index (χ1v) is 8.40. The van der Waals surface area contributed by atoms with Gasteiger partial charge in [-0.3, -0.25) is 9.88 Å². The van der Waals surface area contributed by atoms with Gasteiger partial charge in [-0.15, -0.1) is 0 Å². The van der Waals surface area contributed by atoms with Crippen LogP contribution in [0.25, 0.3) is 21.8 Å². The van der Waals surface area contributed by atoms with Crippen LogP contribution in [0, 0.1) is 6.92 Å². The quantitative estimate of drug-likeness (QED) is 0.744. The predicted octanol–water partition coefficient (Wildman–Crippen LogP) is 3.22. The van der Waals surface area contributed by atoms with E-state index in [1.165, 1.54) is 21.8 Å². The number of aryl methyl sites for hydroxylation is 1. The van der Waals surface area contributed by atoms with E-state index in [2.05, 4.69) is 58.6 Å². The summed E-state index contributed by atoms with van der Waals surface area (Å²) in [5.74, 6) is 0. The molecule has 3 heterocycles. The number of benzene rings is 1. The smallest absolute Gasteiger partial charge is 0.0708 e. The lowest BCUT2D eigenvalue weighted by atomic mass is 10.2. The highest BCUT2D eigenvalue weighted by Gasteiger charge is 2.20. The Bertz CT molecular complexity index is 833. The Hall–Kier alpha value is -1.91. The number of hydrogen-bond acceptors (Lipinski definition) is 3. The molecule has 1 aromatic carbocycles. The van der Waals surface area contributed by atoms with Gasteiger partial charge in [0.2, 0.25) is 0 Å². The number of aromatic nitrogens is 2. The molecule has 1 fully saturated rings. The Morgan fingerprint density at radius 2 is 1.91 bits per heavy atom. The van der Waals surface area contributed by atoms with Crippen LogP contribution in [0.2, 0.25) is 0 Å². The van der Waals surface area contributed by atoms with Crippen LogP contribution >= 0.6 is 0 Å². The van der Waals surface area contributed by atoms with Crippen LogP contribution in [0.1, 0.15) is 12.6 Å². The fourth-order valence-electron chi connectivity index (χ4n) is 3.76. The Morgan fingerprint density at radius 3 is 2.74 bits per heavy atom. The van der Waals surface area contributed by atoms with Crippen molar-refractivity contribution < 1.29 is 4.74 Å². The van der Waals surface area contributed by atoms with Crippen molar-refractivity contribution in [2.45, 2.75) is 26.4 Å². The average Bonchev–Trinajstić information content (AvgIpc) is 2.91. The van der Waals surface area contributed by atoms with Crippen molar-refractivity contribution in [1.82, 2.24) is 14.5 Å². The Morgan fingerprint density at radius 1 is 1.13 bits per heavy atom. The highest BCUT2D eigenvalue weighted by Crippen LogP contribution is 2.30. The highest BCUT2D eigenvalue weighted by molar-refractivity contribution is 6.08. The van der Waals surface area contributed by atoms with Gasteiger partial charge in [-0.2, -0.15) is 0 Å². The summed E-state index contributed by atoms with van der Waals surface area (Å²) in [5.41, 5.74) is 3.68. The lowest BCUT2D eigenvalue weighted by Gasteiger charge is -2.32. The van der Waals surface area contributed by atoms with Gasteiger partial charge in [0.25, 0.3) is 0 Å². The van der Waals surface area contributed by atoms with E-state index in [0.29, 0.717) is 6.04 Å². The molecular formula is C19H23N3O. The van der Waals surface area contributed by atoms with Gasteiger partial charge < -0.3 is 9.30 Å². The second kappa shape index (κ2) is 5.95. The van der Waals surface area contributed by atoms with Crippen molar-refractivity contribution in [3.8, 4) is 0 Å². The lowest BCUT2D eigenvalue weighted by molar-refractivity contribution is 0.0174. The molecule has 0 aliphatic carbocycles. The van der Waals surface area contributed by atoms with Crippen LogP contribution in [-0.4, -0.2) is 46.8 Å². The van der Waals surface area contributed by atoms with E-state index >= 15 is 0 Å². The van der Waals surface area contributed by atoms with Gasteiger partial charge >= 0.3 is 0 Å². The predicted molar refractivity (Wildman–Crippen MR) is 93.8 cm³/mol. The zero-order valence-electron chi connectivity index (χ0n) is 13.8. The van der Waals surface area contributed by atoms with E-state index in [9.17, 15) is 0 Å². The molecule has 0 spiro atoms. The number of nitrogens with zero attached hydrogens (tertiary/aromatic N) is 3.